The van der Waals surface area contributed by atoms with Crippen molar-refractivity contribution in [2.24, 2.45) is 10.7 Å². The van der Waals surface area contributed by atoms with E-state index in [4.69, 9.17) is 5.73 Å². The van der Waals surface area contributed by atoms with Crippen molar-refractivity contribution in [3.05, 3.63) is 30.1 Å². The summed E-state index contributed by atoms with van der Waals surface area (Å²) in [6.07, 6.45) is 9.05. The number of rotatable bonds is 4. The normalized spacial score (nSPS) is 16.7. The van der Waals surface area contributed by atoms with Gasteiger partial charge in [0.2, 0.25) is 0 Å². The molecule has 4 nitrogen and oxygen atoms in total. The molecule has 0 radical (unpaired) electrons. The number of hydrogen-bond acceptors (Lipinski definition) is 2. The molecule has 0 spiro atoms. The summed E-state index contributed by atoms with van der Waals surface area (Å²) in [6, 6.07) is 6.46. The van der Waals surface area contributed by atoms with Crippen molar-refractivity contribution in [2.75, 3.05) is 6.54 Å². The fourth-order valence-corrected chi connectivity index (χ4v) is 2.34. The Labute approximate surface area is 132 Å². The lowest BCUT2D eigenvalue weighted by molar-refractivity contribution is 0.412. The first-order chi connectivity index (χ1) is 8.84. The maximum atomic E-state index is 5.89. The molecule has 0 unspecified atom stereocenters. The average Bonchev–Trinajstić information content (AvgIpc) is 2.41. The van der Waals surface area contributed by atoms with Gasteiger partial charge < -0.3 is 11.1 Å². The van der Waals surface area contributed by atoms with E-state index < -0.39 is 0 Å². The zero-order chi connectivity index (χ0) is 12.6. The lowest BCUT2D eigenvalue weighted by Crippen LogP contribution is -2.41. The topological polar surface area (TPSA) is 63.3 Å². The van der Waals surface area contributed by atoms with Crippen LogP contribution in [0.15, 0.2) is 29.4 Å². The van der Waals surface area contributed by atoms with Crippen molar-refractivity contribution < 1.29 is 0 Å². The number of nitrogens with two attached hydrogens (primary N) is 1. The quantitative estimate of drug-likeness (QED) is 0.484. The summed E-state index contributed by atoms with van der Waals surface area (Å²) in [4.78, 5) is 8.62. The maximum absolute atomic E-state index is 5.89. The monoisotopic (exact) mass is 374 g/mol. The highest BCUT2D eigenvalue weighted by molar-refractivity contribution is 14.0. The Balaban J connectivity index is 0.00000180. The van der Waals surface area contributed by atoms with Gasteiger partial charge in [0.25, 0.3) is 0 Å². The number of nitrogens with one attached hydrogen (secondary N) is 1. The molecule has 1 aliphatic carbocycles. The van der Waals surface area contributed by atoms with Gasteiger partial charge >= 0.3 is 0 Å². The lowest BCUT2D eigenvalue weighted by atomic mass is 9.96. The van der Waals surface area contributed by atoms with Crippen LogP contribution in [0.1, 0.15) is 37.8 Å². The van der Waals surface area contributed by atoms with E-state index in [0.29, 0.717) is 18.5 Å². The largest absolute Gasteiger partial charge is 0.370 e. The van der Waals surface area contributed by atoms with Crippen LogP contribution in [0, 0.1) is 0 Å². The van der Waals surface area contributed by atoms with Gasteiger partial charge in [0.15, 0.2) is 5.96 Å². The Hall–Kier alpha value is -0.850. The third kappa shape index (κ3) is 6.22. The number of aromatic nitrogens is 1. The van der Waals surface area contributed by atoms with Gasteiger partial charge in [0.1, 0.15) is 0 Å². The predicted octanol–water partition coefficient (Wildman–Crippen LogP) is 2.48. The van der Waals surface area contributed by atoms with E-state index in [-0.39, 0.29) is 24.0 Å². The summed E-state index contributed by atoms with van der Waals surface area (Å²) in [7, 11) is 0. The first-order valence-electron chi connectivity index (χ1n) is 6.81. The summed E-state index contributed by atoms with van der Waals surface area (Å²) >= 11 is 0. The van der Waals surface area contributed by atoms with E-state index in [2.05, 4.69) is 15.3 Å². The molecule has 1 aromatic rings. The van der Waals surface area contributed by atoms with E-state index in [9.17, 15) is 0 Å². The van der Waals surface area contributed by atoms with Crippen molar-refractivity contribution in [2.45, 2.75) is 44.6 Å². The zero-order valence-corrected chi connectivity index (χ0v) is 13.5. The van der Waals surface area contributed by atoms with Crippen LogP contribution in [0.4, 0.5) is 0 Å². The van der Waals surface area contributed by atoms with Gasteiger partial charge in [-0.3, -0.25) is 9.98 Å². The Bertz CT molecular complexity index is 374. The second-order valence-electron chi connectivity index (χ2n) is 4.82. The highest BCUT2D eigenvalue weighted by Gasteiger charge is 2.12. The van der Waals surface area contributed by atoms with Crippen molar-refractivity contribution in [1.82, 2.24) is 10.3 Å². The molecule has 0 atom stereocenters. The van der Waals surface area contributed by atoms with Gasteiger partial charge in [-0.15, -0.1) is 24.0 Å². The third-order valence-electron chi connectivity index (χ3n) is 3.33. The second kappa shape index (κ2) is 9.12. The minimum Gasteiger partial charge on any atom is -0.370 e. The summed E-state index contributed by atoms with van der Waals surface area (Å²) in [6.45, 7) is 0.697. The Kier molecular flexibility index (Phi) is 7.78. The molecule has 0 bridgehead atoms. The maximum Gasteiger partial charge on any atom is 0.188 e. The molecule has 0 saturated heterocycles. The standard InChI is InChI=1S/C14H22N4.HI/c15-14(18-13-7-2-1-3-8-13)17-11-9-12-6-4-5-10-16-12;/h4-6,10,13H,1-3,7-9,11H2,(H3,15,17,18);1H. The summed E-state index contributed by atoms with van der Waals surface area (Å²) in [5.74, 6) is 0.581. The van der Waals surface area contributed by atoms with Gasteiger partial charge in [0, 0.05) is 30.9 Å². The van der Waals surface area contributed by atoms with Crippen LogP contribution in [0.2, 0.25) is 0 Å². The summed E-state index contributed by atoms with van der Waals surface area (Å²) in [5.41, 5.74) is 6.95. The van der Waals surface area contributed by atoms with Gasteiger partial charge in [-0.1, -0.05) is 25.3 Å². The second-order valence-corrected chi connectivity index (χ2v) is 4.82. The Morgan fingerprint density at radius 3 is 2.79 bits per heavy atom. The molecular weight excluding hydrogens is 351 g/mol. The zero-order valence-electron chi connectivity index (χ0n) is 11.2. The summed E-state index contributed by atoms with van der Waals surface area (Å²) < 4.78 is 0. The molecule has 0 aliphatic heterocycles. The fraction of sp³-hybridized carbons (Fsp3) is 0.571. The van der Waals surface area contributed by atoms with Crippen molar-refractivity contribution in [3.63, 3.8) is 0 Å². The van der Waals surface area contributed by atoms with Crippen LogP contribution >= 0.6 is 24.0 Å². The van der Waals surface area contributed by atoms with E-state index in [1.165, 1.54) is 32.1 Å². The molecule has 0 amide bonds. The molecule has 1 aromatic heterocycles. The number of pyridine rings is 1. The van der Waals surface area contributed by atoms with E-state index in [0.717, 1.165) is 12.1 Å². The minimum atomic E-state index is 0. The molecule has 19 heavy (non-hydrogen) atoms. The SMILES string of the molecule is I.NC(=NCCc1ccccn1)NC1CCCCC1. The number of aliphatic imine (C=N–C) groups is 1. The molecular formula is C14H23IN4. The van der Waals surface area contributed by atoms with Crippen LogP contribution in [-0.2, 0) is 6.42 Å². The fourth-order valence-electron chi connectivity index (χ4n) is 2.34. The highest BCUT2D eigenvalue weighted by atomic mass is 127. The predicted molar refractivity (Wildman–Crippen MR) is 89.9 cm³/mol. The lowest BCUT2D eigenvalue weighted by Gasteiger charge is -2.23. The number of nitrogens with zero attached hydrogens (tertiary/aromatic N) is 2. The Morgan fingerprint density at radius 1 is 1.32 bits per heavy atom. The molecule has 2 rings (SSSR count). The van der Waals surface area contributed by atoms with Gasteiger partial charge in [-0.25, -0.2) is 0 Å². The first-order valence-corrected chi connectivity index (χ1v) is 6.81. The molecule has 5 heteroatoms. The van der Waals surface area contributed by atoms with Crippen LogP contribution in [0.25, 0.3) is 0 Å². The van der Waals surface area contributed by atoms with Crippen molar-refractivity contribution >= 4 is 29.9 Å². The van der Waals surface area contributed by atoms with Crippen LogP contribution in [0.3, 0.4) is 0 Å². The van der Waals surface area contributed by atoms with Crippen molar-refractivity contribution in [3.8, 4) is 0 Å². The number of guanidine groups is 1. The number of halogens is 1. The van der Waals surface area contributed by atoms with E-state index >= 15 is 0 Å². The van der Waals surface area contributed by atoms with Crippen LogP contribution in [0.5, 0.6) is 0 Å². The molecule has 0 aromatic carbocycles. The molecule has 1 fully saturated rings. The first kappa shape index (κ1) is 16.2. The van der Waals surface area contributed by atoms with E-state index in [1.54, 1.807) is 0 Å². The highest BCUT2D eigenvalue weighted by Crippen LogP contribution is 2.16. The van der Waals surface area contributed by atoms with Gasteiger partial charge in [-0.05, 0) is 25.0 Å². The summed E-state index contributed by atoms with van der Waals surface area (Å²) in [5, 5.41) is 3.31. The molecule has 106 valence electrons. The number of hydrogen-bond donors (Lipinski definition) is 2. The molecule has 1 aliphatic rings. The van der Waals surface area contributed by atoms with Crippen LogP contribution < -0.4 is 11.1 Å². The van der Waals surface area contributed by atoms with Gasteiger partial charge in [-0.2, -0.15) is 0 Å². The third-order valence-corrected chi connectivity index (χ3v) is 3.33. The van der Waals surface area contributed by atoms with Gasteiger partial charge in [0.05, 0.1) is 0 Å². The minimum absolute atomic E-state index is 0. The van der Waals surface area contributed by atoms with Crippen LogP contribution in [-0.4, -0.2) is 23.5 Å². The van der Waals surface area contributed by atoms with Crippen molar-refractivity contribution in [1.29, 1.82) is 0 Å². The smallest absolute Gasteiger partial charge is 0.188 e. The van der Waals surface area contributed by atoms with E-state index in [1.807, 2.05) is 24.4 Å². The molecule has 3 N–H and O–H groups in total. The molecule has 1 saturated carbocycles. The average molecular weight is 374 g/mol. The molecule has 1 heterocycles. The Morgan fingerprint density at radius 2 is 2.11 bits per heavy atom.